The molecule has 0 spiro atoms. The molecular formula is C16H12O4. The fourth-order valence-electron chi connectivity index (χ4n) is 2.23. The number of fused-ring (bicyclic) bond motifs is 2. The van der Waals surface area contributed by atoms with Gasteiger partial charge in [0.15, 0.2) is 11.5 Å². The monoisotopic (exact) mass is 268 g/mol. The zero-order chi connectivity index (χ0) is 13.4. The quantitative estimate of drug-likeness (QED) is 0.725. The molecular weight excluding hydrogens is 256 g/mol. The summed E-state index contributed by atoms with van der Waals surface area (Å²) in [6, 6.07) is 13.5. The summed E-state index contributed by atoms with van der Waals surface area (Å²) in [5, 5.41) is 1.04. The lowest BCUT2D eigenvalue weighted by Crippen LogP contribution is -1.95. The first-order valence-electron chi connectivity index (χ1n) is 6.37. The Morgan fingerprint density at radius 3 is 2.90 bits per heavy atom. The molecule has 2 heterocycles. The maximum Gasteiger partial charge on any atom is 0.231 e. The van der Waals surface area contributed by atoms with E-state index in [0.29, 0.717) is 6.61 Å². The van der Waals surface area contributed by atoms with Crippen LogP contribution in [0.3, 0.4) is 0 Å². The molecule has 4 rings (SSSR count). The number of benzene rings is 2. The van der Waals surface area contributed by atoms with E-state index >= 15 is 0 Å². The second-order valence-electron chi connectivity index (χ2n) is 4.60. The molecule has 0 bridgehead atoms. The van der Waals surface area contributed by atoms with E-state index in [1.165, 1.54) is 0 Å². The van der Waals surface area contributed by atoms with Crippen LogP contribution in [-0.4, -0.2) is 6.79 Å². The molecule has 0 atom stereocenters. The van der Waals surface area contributed by atoms with Gasteiger partial charge in [0, 0.05) is 5.39 Å². The largest absolute Gasteiger partial charge is 0.489 e. The van der Waals surface area contributed by atoms with Crippen molar-refractivity contribution in [2.75, 3.05) is 6.79 Å². The van der Waals surface area contributed by atoms with Gasteiger partial charge in [0.1, 0.15) is 17.9 Å². The molecule has 1 aliphatic rings. The van der Waals surface area contributed by atoms with Crippen molar-refractivity contribution >= 4 is 11.0 Å². The molecule has 1 aliphatic heterocycles. The molecule has 0 saturated carbocycles. The Kier molecular flexibility index (Phi) is 2.52. The highest BCUT2D eigenvalue weighted by Crippen LogP contribution is 2.32. The normalized spacial score (nSPS) is 12.8. The van der Waals surface area contributed by atoms with Gasteiger partial charge in [-0.05, 0) is 42.0 Å². The fourth-order valence-corrected chi connectivity index (χ4v) is 2.23. The van der Waals surface area contributed by atoms with Crippen LogP contribution in [-0.2, 0) is 6.61 Å². The topological polar surface area (TPSA) is 40.8 Å². The average molecular weight is 268 g/mol. The number of ether oxygens (including phenoxy) is 3. The molecule has 0 amide bonds. The molecule has 0 saturated heterocycles. The van der Waals surface area contributed by atoms with Crippen LogP contribution >= 0.6 is 0 Å². The Bertz CT molecular complexity index is 760. The molecule has 0 aliphatic carbocycles. The Balaban J connectivity index is 1.52. The van der Waals surface area contributed by atoms with E-state index in [1.54, 1.807) is 6.26 Å². The molecule has 4 nitrogen and oxygen atoms in total. The Labute approximate surface area is 115 Å². The first kappa shape index (κ1) is 11.2. The maximum absolute atomic E-state index is 5.79. The van der Waals surface area contributed by atoms with Crippen molar-refractivity contribution in [1.29, 1.82) is 0 Å². The summed E-state index contributed by atoms with van der Waals surface area (Å²) < 4.78 is 21.7. The standard InChI is InChI=1S/C16H12O4/c1-3-15-16(20-10-19-15)7-11(1)9-18-13-2-4-14-12(8-13)5-6-17-14/h1-8H,9-10H2. The third-order valence-corrected chi connectivity index (χ3v) is 3.27. The Morgan fingerprint density at radius 2 is 1.90 bits per heavy atom. The minimum Gasteiger partial charge on any atom is -0.489 e. The van der Waals surface area contributed by atoms with Crippen molar-refractivity contribution in [3.8, 4) is 17.2 Å². The van der Waals surface area contributed by atoms with Crippen molar-refractivity contribution in [1.82, 2.24) is 0 Å². The van der Waals surface area contributed by atoms with Crippen LogP contribution in [0.4, 0.5) is 0 Å². The SMILES string of the molecule is c1cc2cc(OCc3ccc4c(c3)OCO4)ccc2o1. The number of hydrogen-bond donors (Lipinski definition) is 0. The van der Waals surface area contributed by atoms with Crippen molar-refractivity contribution < 1.29 is 18.6 Å². The van der Waals surface area contributed by atoms with E-state index in [0.717, 1.165) is 33.8 Å². The van der Waals surface area contributed by atoms with E-state index in [9.17, 15) is 0 Å². The highest BCUT2D eigenvalue weighted by molar-refractivity contribution is 5.78. The van der Waals surface area contributed by atoms with Crippen molar-refractivity contribution in [3.05, 3.63) is 54.3 Å². The van der Waals surface area contributed by atoms with Crippen LogP contribution in [0.25, 0.3) is 11.0 Å². The second-order valence-corrected chi connectivity index (χ2v) is 4.60. The summed E-state index contributed by atoms with van der Waals surface area (Å²) in [6.07, 6.45) is 1.67. The first-order chi connectivity index (χ1) is 9.88. The van der Waals surface area contributed by atoms with Crippen molar-refractivity contribution in [2.45, 2.75) is 6.61 Å². The second kappa shape index (κ2) is 4.49. The molecule has 0 fully saturated rings. The summed E-state index contributed by atoms with van der Waals surface area (Å²) in [5.74, 6) is 2.38. The molecule has 0 radical (unpaired) electrons. The molecule has 4 heteroatoms. The van der Waals surface area contributed by atoms with Gasteiger partial charge in [0.05, 0.1) is 6.26 Å². The zero-order valence-corrected chi connectivity index (χ0v) is 10.7. The third-order valence-electron chi connectivity index (χ3n) is 3.27. The smallest absolute Gasteiger partial charge is 0.231 e. The summed E-state index contributed by atoms with van der Waals surface area (Å²) in [6.45, 7) is 0.775. The fraction of sp³-hybridized carbons (Fsp3) is 0.125. The van der Waals surface area contributed by atoms with Crippen molar-refractivity contribution in [3.63, 3.8) is 0 Å². The summed E-state index contributed by atoms with van der Waals surface area (Å²) in [5.41, 5.74) is 1.90. The van der Waals surface area contributed by atoms with E-state index in [2.05, 4.69) is 0 Å². The van der Waals surface area contributed by atoms with Gasteiger partial charge >= 0.3 is 0 Å². The summed E-state index contributed by atoms with van der Waals surface area (Å²) in [7, 11) is 0. The van der Waals surface area contributed by atoms with Gasteiger partial charge in [-0.3, -0.25) is 0 Å². The Morgan fingerprint density at radius 1 is 0.950 bits per heavy atom. The van der Waals surface area contributed by atoms with Crippen molar-refractivity contribution in [2.24, 2.45) is 0 Å². The number of hydrogen-bond acceptors (Lipinski definition) is 4. The first-order valence-corrected chi connectivity index (χ1v) is 6.37. The van der Waals surface area contributed by atoms with E-state index in [-0.39, 0.29) is 6.79 Å². The third kappa shape index (κ3) is 1.95. The predicted molar refractivity (Wildman–Crippen MR) is 73.1 cm³/mol. The molecule has 0 unspecified atom stereocenters. The van der Waals surface area contributed by atoms with Crippen LogP contribution in [0.15, 0.2) is 53.1 Å². The molecule has 20 heavy (non-hydrogen) atoms. The molecule has 3 aromatic rings. The summed E-state index contributed by atoms with van der Waals surface area (Å²) in [4.78, 5) is 0. The van der Waals surface area contributed by atoms with E-state index in [4.69, 9.17) is 18.6 Å². The van der Waals surface area contributed by atoms with Gasteiger partial charge in [-0.15, -0.1) is 0 Å². The van der Waals surface area contributed by atoms with Gasteiger partial charge in [-0.1, -0.05) is 6.07 Å². The lowest BCUT2D eigenvalue weighted by Gasteiger charge is -2.07. The van der Waals surface area contributed by atoms with Crippen LogP contribution in [0.5, 0.6) is 17.2 Å². The lowest BCUT2D eigenvalue weighted by molar-refractivity contribution is 0.174. The van der Waals surface area contributed by atoms with E-state index in [1.807, 2.05) is 42.5 Å². The molecule has 1 aromatic heterocycles. The van der Waals surface area contributed by atoms with Crippen LogP contribution in [0.2, 0.25) is 0 Å². The number of furan rings is 1. The van der Waals surface area contributed by atoms with Gasteiger partial charge < -0.3 is 18.6 Å². The van der Waals surface area contributed by atoms with Gasteiger partial charge in [0.2, 0.25) is 6.79 Å². The highest BCUT2D eigenvalue weighted by atomic mass is 16.7. The van der Waals surface area contributed by atoms with Crippen LogP contribution < -0.4 is 14.2 Å². The van der Waals surface area contributed by atoms with Gasteiger partial charge in [-0.25, -0.2) is 0 Å². The van der Waals surface area contributed by atoms with Crippen LogP contribution in [0, 0.1) is 0 Å². The minimum atomic E-state index is 0.288. The van der Waals surface area contributed by atoms with Gasteiger partial charge in [-0.2, -0.15) is 0 Å². The lowest BCUT2D eigenvalue weighted by atomic mass is 10.2. The molecule has 2 aromatic carbocycles. The Hall–Kier alpha value is -2.62. The highest BCUT2D eigenvalue weighted by Gasteiger charge is 2.13. The number of rotatable bonds is 3. The predicted octanol–water partition coefficient (Wildman–Crippen LogP) is 3.74. The molecule has 100 valence electrons. The zero-order valence-electron chi connectivity index (χ0n) is 10.7. The van der Waals surface area contributed by atoms with E-state index < -0.39 is 0 Å². The minimum absolute atomic E-state index is 0.288. The maximum atomic E-state index is 5.79. The summed E-state index contributed by atoms with van der Waals surface area (Å²) >= 11 is 0. The molecule has 0 N–H and O–H groups in total. The van der Waals surface area contributed by atoms with Gasteiger partial charge in [0.25, 0.3) is 0 Å². The van der Waals surface area contributed by atoms with Crippen LogP contribution in [0.1, 0.15) is 5.56 Å². The average Bonchev–Trinajstić information content (AvgIpc) is 3.12.